The fraction of sp³-hybridized carbons (Fsp3) is 1.00. The number of aliphatic hydroxyl groups excluding tert-OH is 2. The molecule has 5 aliphatic heterocycles. The van der Waals surface area contributed by atoms with Crippen molar-refractivity contribution in [1.29, 1.82) is 0 Å². The second-order valence-corrected chi connectivity index (χ2v) is 19.5. The predicted octanol–water partition coefficient (Wildman–Crippen LogP) is 6.12. The summed E-state index contributed by atoms with van der Waals surface area (Å²) in [7, 11) is 1.58. The van der Waals surface area contributed by atoms with Gasteiger partial charge in [0.2, 0.25) is 0 Å². The Labute approximate surface area is 296 Å². The van der Waals surface area contributed by atoms with E-state index >= 15 is 0 Å². The number of ether oxygens (including phenoxy) is 3. The summed E-state index contributed by atoms with van der Waals surface area (Å²) in [5.74, 6) is 5.28. The van der Waals surface area contributed by atoms with Crippen molar-refractivity contribution >= 4 is 46.1 Å². The van der Waals surface area contributed by atoms with Gasteiger partial charge in [-0.25, -0.2) is 19.6 Å². The Morgan fingerprint density at radius 1 is 0.804 bits per heavy atom. The van der Waals surface area contributed by atoms with Gasteiger partial charge in [0, 0.05) is 51.4 Å². The molecule has 3 saturated carbocycles. The maximum Gasteiger partial charge on any atom is 0.193 e. The number of hydrogen-bond donors (Lipinski definition) is 2. The zero-order valence-electron chi connectivity index (χ0n) is 27.9. The summed E-state index contributed by atoms with van der Waals surface area (Å²) < 4.78 is 19.4. The van der Waals surface area contributed by atoms with Crippen LogP contribution in [-0.2, 0) is 33.8 Å². The molecule has 1 spiro atoms. The smallest absolute Gasteiger partial charge is 0.193 e. The molecule has 5 heterocycles. The predicted molar refractivity (Wildman–Crippen MR) is 185 cm³/mol. The third-order valence-corrected chi connectivity index (χ3v) is 16.9. The van der Waals surface area contributed by atoms with Crippen molar-refractivity contribution < 1.29 is 44.0 Å². The third kappa shape index (κ3) is 6.07. The molecule has 9 nitrogen and oxygen atoms in total. The lowest BCUT2D eigenvalue weighted by Crippen LogP contribution is -2.70. The Morgan fingerprint density at radius 3 is 2.26 bits per heavy atom. The van der Waals surface area contributed by atoms with Crippen molar-refractivity contribution in [3.8, 4) is 0 Å². The van der Waals surface area contributed by atoms with Gasteiger partial charge in [-0.05, 0) is 95.0 Å². The number of fused-ring (bicyclic) bond motifs is 2. The monoisotopic (exact) mass is 798 g/mol. The van der Waals surface area contributed by atoms with E-state index < -0.39 is 30.1 Å². The standard InChI is InChI=1S/C34H55IO9S2/c1-19-6-8-24-21(29(36)40-28-16-32(3)13-12-23(19)33(24,28)44-42-32)17-45-14-5-15-46-18-22-25-10-11-27(35)26-9-7-20(2)39-31(41-30(22)37)34(25,26)43-38-4/h19-31,36-37H,5-18H2,1-4H3/t19?,20?,21?,22?,23?,24?,25?,26?,27?,28-,29?,30?,31?,32-,33-,34?/m1/s1. The van der Waals surface area contributed by atoms with Gasteiger partial charge in [0.1, 0.15) is 11.2 Å². The van der Waals surface area contributed by atoms with Crippen molar-refractivity contribution in [3.05, 3.63) is 0 Å². The largest absolute Gasteiger partial charge is 0.368 e. The van der Waals surface area contributed by atoms with E-state index in [0.29, 0.717) is 15.8 Å². The maximum absolute atomic E-state index is 11.3. The molecule has 0 amide bonds. The van der Waals surface area contributed by atoms with Crippen LogP contribution in [-0.4, -0.2) is 92.1 Å². The van der Waals surface area contributed by atoms with Crippen LogP contribution in [0.2, 0.25) is 0 Å². The normalized spacial score (nSPS) is 53.2. The molecule has 8 rings (SSSR count). The Bertz CT molecular complexity index is 1060. The molecule has 13 unspecified atom stereocenters. The number of alkyl halides is 1. The zero-order valence-corrected chi connectivity index (χ0v) is 31.6. The maximum atomic E-state index is 11.3. The quantitative estimate of drug-likeness (QED) is 0.0879. The van der Waals surface area contributed by atoms with Crippen LogP contribution >= 0.6 is 46.1 Å². The molecule has 16 atom stereocenters. The minimum Gasteiger partial charge on any atom is -0.368 e. The Kier molecular flexibility index (Phi) is 11.0. The van der Waals surface area contributed by atoms with Crippen LogP contribution in [0.25, 0.3) is 0 Å². The summed E-state index contributed by atoms with van der Waals surface area (Å²) in [5, 5.41) is 22.5. The second kappa shape index (κ2) is 14.2. The lowest BCUT2D eigenvalue weighted by molar-refractivity contribution is -0.494. The SMILES string of the molecule is COOC12C3OC(C)CCC1C(I)CCC2C(CSCCCSCC1C(O)O[C@@H]2C[C@@]4(C)CCC5C(C)CCC1[C@]52OO4)C(O)O3. The molecule has 264 valence electrons. The van der Waals surface area contributed by atoms with E-state index in [4.69, 9.17) is 33.8 Å². The first-order chi connectivity index (χ1) is 22.1. The Balaban J connectivity index is 0.931. The van der Waals surface area contributed by atoms with Crippen LogP contribution < -0.4 is 0 Å². The van der Waals surface area contributed by atoms with Crippen molar-refractivity contribution in [2.45, 2.75) is 137 Å². The number of aliphatic hydroxyl groups is 2. The Hall–Kier alpha value is 1.07. The van der Waals surface area contributed by atoms with Crippen LogP contribution in [0.3, 0.4) is 0 Å². The Morgan fingerprint density at radius 2 is 1.50 bits per heavy atom. The van der Waals surface area contributed by atoms with Gasteiger partial charge in [-0.1, -0.05) is 29.5 Å². The highest BCUT2D eigenvalue weighted by atomic mass is 127. The van der Waals surface area contributed by atoms with Gasteiger partial charge in [0.25, 0.3) is 0 Å². The minimum atomic E-state index is -0.881. The zero-order chi connectivity index (χ0) is 32.3. The van der Waals surface area contributed by atoms with Gasteiger partial charge in [-0.15, -0.1) is 0 Å². The van der Waals surface area contributed by atoms with E-state index in [1.54, 1.807) is 7.11 Å². The lowest BCUT2D eigenvalue weighted by Gasteiger charge is -2.61. The first kappa shape index (κ1) is 35.5. The molecular formula is C34H55IO9S2. The van der Waals surface area contributed by atoms with Gasteiger partial charge in [-0.2, -0.15) is 23.5 Å². The van der Waals surface area contributed by atoms with Gasteiger partial charge in [0.05, 0.1) is 19.3 Å². The topological polar surface area (TPSA) is 105 Å². The highest BCUT2D eigenvalue weighted by molar-refractivity contribution is 14.1. The molecule has 5 saturated heterocycles. The summed E-state index contributed by atoms with van der Waals surface area (Å²) in [6, 6.07) is 0. The van der Waals surface area contributed by atoms with E-state index in [2.05, 4.69) is 43.4 Å². The molecule has 46 heavy (non-hydrogen) atoms. The molecule has 0 radical (unpaired) electrons. The average Bonchev–Trinajstić information content (AvgIpc) is 3.32. The second-order valence-electron chi connectivity index (χ2n) is 15.6. The highest BCUT2D eigenvalue weighted by Gasteiger charge is 2.69. The van der Waals surface area contributed by atoms with E-state index in [-0.39, 0.29) is 47.4 Å². The number of hydrogen-bond acceptors (Lipinski definition) is 11. The fourth-order valence-corrected chi connectivity index (χ4v) is 14.5. The molecule has 0 aromatic rings. The molecule has 8 aliphatic rings. The molecule has 2 N–H and O–H groups in total. The first-order valence-electron chi connectivity index (χ1n) is 17.8. The summed E-state index contributed by atoms with van der Waals surface area (Å²) in [6.45, 7) is 6.58. The molecule has 8 fully saturated rings. The van der Waals surface area contributed by atoms with E-state index in [1.807, 2.05) is 23.5 Å². The fourth-order valence-electron chi connectivity index (χ4n) is 10.7. The van der Waals surface area contributed by atoms with E-state index in [9.17, 15) is 10.2 Å². The highest BCUT2D eigenvalue weighted by Crippen LogP contribution is 2.62. The lowest BCUT2D eigenvalue weighted by atomic mass is 9.56. The molecule has 0 aromatic heterocycles. The minimum absolute atomic E-state index is 0.0416. The van der Waals surface area contributed by atoms with E-state index in [0.717, 1.165) is 80.8 Å². The van der Waals surface area contributed by atoms with Gasteiger partial charge >= 0.3 is 0 Å². The van der Waals surface area contributed by atoms with Crippen molar-refractivity contribution in [3.63, 3.8) is 0 Å². The van der Waals surface area contributed by atoms with Gasteiger partial charge in [0.15, 0.2) is 24.5 Å². The average molecular weight is 799 g/mol. The molecule has 12 heteroatoms. The number of rotatable bonds is 10. The van der Waals surface area contributed by atoms with Crippen molar-refractivity contribution in [1.82, 2.24) is 0 Å². The summed E-state index contributed by atoms with van der Waals surface area (Å²) >= 11 is 6.39. The van der Waals surface area contributed by atoms with Crippen LogP contribution in [0.1, 0.15) is 85.0 Å². The third-order valence-electron chi connectivity index (χ3n) is 13.0. The van der Waals surface area contributed by atoms with Crippen LogP contribution in [0.4, 0.5) is 0 Å². The van der Waals surface area contributed by atoms with Crippen molar-refractivity contribution in [2.24, 2.45) is 41.4 Å². The number of thioether (sulfide) groups is 2. The molecule has 2 bridgehead atoms. The van der Waals surface area contributed by atoms with Crippen molar-refractivity contribution in [2.75, 3.05) is 30.1 Å². The molecule has 3 aliphatic carbocycles. The van der Waals surface area contributed by atoms with Gasteiger partial charge in [-0.3, -0.25) is 0 Å². The van der Waals surface area contributed by atoms with Crippen LogP contribution in [0.5, 0.6) is 0 Å². The number of halogens is 1. The summed E-state index contributed by atoms with van der Waals surface area (Å²) in [6.07, 6.45) is 7.89. The summed E-state index contributed by atoms with van der Waals surface area (Å²) in [4.78, 5) is 24.2. The van der Waals surface area contributed by atoms with Gasteiger partial charge < -0.3 is 24.4 Å². The summed E-state index contributed by atoms with van der Waals surface area (Å²) in [5.41, 5.74) is -1.46. The van der Waals surface area contributed by atoms with Crippen LogP contribution in [0, 0.1) is 41.4 Å². The van der Waals surface area contributed by atoms with E-state index in [1.165, 1.54) is 6.42 Å². The molecular weight excluding hydrogens is 743 g/mol. The molecule has 0 aromatic carbocycles. The van der Waals surface area contributed by atoms with Crippen LogP contribution in [0.15, 0.2) is 0 Å². The first-order valence-corrected chi connectivity index (χ1v) is 21.4.